The number of hydrogen-bond donors (Lipinski definition) is 0. The SMILES string of the molecule is CCOC(=O)CCN(Cc1ccc(C)cc1)C(=O)COc1ccc(C)cc1. The van der Waals surface area contributed by atoms with Gasteiger partial charge in [0, 0.05) is 13.1 Å². The quantitative estimate of drug-likeness (QED) is 0.633. The van der Waals surface area contributed by atoms with Crippen molar-refractivity contribution in [1.82, 2.24) is 4.90 Å². The van der Waals surface area contributed by atoms with Crippen molar-refractivity contribution in [2.45, 2.75) is 33.7 Å². The van der Waals surface area contributed by atoms with E-state index in [0.717, 1.165) is 16.7 Å². The molecule has 0 unspecified atom stereocenters. The number of nitrogens with zero attached hydrogens (tertiary/aromatic N) is 1. The first-order valence-electron chi connectivity index (χ1n) is 9.16. The molecule has 0 aliphatic rings. The lowest BCUT2D eigenvalue weighted by atomic mass is 10.1. The third-order valence-corrected chi connectivity index (χ3v) is 4.12. The van der Waals surface area contributed by atoms with Gasteiger partial charge in [0.2, 0.25) is 0 Å². The van der Waals surface area contributed by atoms with Gasteiger partial charge in [-0.15, -0.1) is 0 Å². The van der Waals surface area contributed by atoms with E-state index in [1.165, 1.54) is 0 Å². The van der Waals surface area contributed by atoms with E-state index in [2.05, 4.69) is 0 Å². The molecule has 0 radical (unpaired) electrons. The van der Waals surface area contributed by atoms with Gasteiger partial charge in [-0.2, -0.15) is 0 Å². The van der Waals surface area contributed by atoms with E-state index in [4.69, 9.17) is 9.47 Å². The molecule has 0 fully saturated rings. The maximum Gasteiger partial charge on any atom is 0.307 e. The number of aryl methyl sites for hydroxylation is 2. The van der Waals surface area contributed by atoms with Crippen molar-refractivity contribution in [3.8, 4) is 5.75 Å². The van der Waals surface area contributed by atoms with Crippen LogP contribution in [0.2, 0.25) is 0 Å². The summed E-state index contributed by atoms with van der Waals surface area (Å²) in [7, 11) is 0. The number of benzene rings is 2. The maximum atomic E-state index is 12.7. The fourth-order valence-corrected chi connectivity index (χ4v) is 2.54. The van der Waals surface area contributed by atoms with E-state index in [9.17, 15) is 9.59 Å². The molecule has 27 heavy (non-hydrogen) atoms. The Labute approximate surface area is 160 Å². The molecule has 5 heteroatoms. The summed E-state index contributed by atoms with van der Waals surface area (Å²) in [5.41, 5.74) is 3.29. The number of hydrogen-bond acceptors (Lipinski definition) is 4. The van der Waals surface area contributed by atoms with Crippen molar-refractivity contribution >= 4 is 11.9 Å². The molecule has 0 aliphatic carbocycles. The second-order valence-corrected chi connectivity index (χ2v) is 6.46. The second kappa shape index (κ2) is 10.4. The molecule has 0 bridgehead atoms. The topological polar surface area (TPSA) is 55.8 Å². The van der Waals surface area contributed by atoms with Crippen molar-refractivity contribution in [2.24, 2.45) is 0 Å². The molecule has 0 saturated carbocycles. The van der Waals surface area contributed by atoms with Crippen LogP contribution >= 0.6 is 0 Å². The van der Waals surface area contributed by atoms with Gasteiger partial charge in [0.1, 0.15) is 5.75 Å². The molecule has 2 aromatic rings. The molecule has 0 aliphatic heterocycles. The van der Waals surface area contributed by atoms with Crippen LogP contribution in [0.15, 0.2) is 48.5 Å². The summed E-state index contributed by atoms with van der Waals surface area (Å²) in [6.45, 7) is 6.76. The Bertz CT molecular complexity index is 738. The molecular formula is C22H27NO4. The Hall–Kier alpha value is -2.82. The van der Waals surface area contributed by atoms with Crippen LogP contribution in [0.5, 0.6) is 5.75 Å². The summed E-state index contributed by atoms with van der Waals surface area (Å²) >= 11 is 0. The average molecular weight is 369 g/mol. The summed E-state index contributed by atoms with van der Waals surface area (Å²) in [6.07, 6.45) is 0.163. The largest absolute Gasteiger partial charge is 0.484 e. The van der Waals surface area contributed by atoms with Gasteiger partial charge in [0.05, 0.1) is 13.0 Å². The normalized spacial score (nSPS) is 10.3. The number of amides is 1. The number of rotatable bonds is 9. The minimum absolute atomic E-state index is 0.0717. The summed E-state index contributed by atoms with van der Waals surface area (Å²) in [5.74, 6) is 0.175. The molecule has 2 aromatic carbocycles. The fraction of sp³-hybridized carbons (Fsp3) is 0.364. The van der Waals surface area contributed by atoms with Crippen LogP contribution in [0.1, 0.15) is 30.0 Å². The number of carbonyl (C=O) groups is 2. The van der Waals surface area contributed by atoms with E-state index in [0.29, 0.717) is 25.4 Å². The van der Waals surface area contributed by atoms with Gasteiger partial charge in [0.15, 0.2) is 6.61 Å². The van der Waals surface area contributed by atoms with Crippen LogP contribution in [-0.4, -0.2) is 36.5 Å². The third-order valence-electron chi connectivity index (χ3n) is 4.12. The van der Waals surface area contributed by atoms with Crippen molar-refractivity contribution in [1.29, 1.82) is 0 Å². The highest BCUT2D eigenvalue weighted by Crippen LogP contribution is 2.13. The monoisotopic (exact) mass is 369 g/mol. The maximum absolute atomic E-state index is 12.7. The van der Waals surface area contributed by atoms with Crippen molar-refractivity contribution < 1.29 is 19.1 Å². The van der Waals surface area contributed by atoms with Crippen molar-refractivity contribution in [3.05, 3.63) is 65.2 Å². The number of carbonyl (C=O) groups excluding carboxylic acids is 2. The van der Waals surface area contributed by atoms with Gasteiger partial charge in [-0.1, -0.05) is 47.5 Å². The summed E-state index contributed by atoms with van der Waals surface area (Å²) in [5, 5.41) is 0. The van der Waals surface area contributed by atoms with Crippen LogP contribution in [0, 0.1) is 13.8 Å². The van der Waals surface area contributed by atoms with Gasteiger partial charge in [-0.25, -0.2) is 0 Å². The minimum Gasteiger partial charge on any atom is -0.484 e. The molecule has 5 nitrogen and oxygen atoms in total. The Morgan fingerprint density at radius 2 is 1.52 bits per heavy atom. The molecular weight excluding hydrogens is 342 g/mol. The molecule has 0 aromatic heterocycles. The van der Waals surface area contributed by atoms with E-state index < -0.39 is 0 Å². The Balaban J connectivity index is 1.99. The first-order valence-corrected chi connectivity index (χ1v) is 9.16. The lowest BCUT2D eigenvalue weighted by Gasteiger charge is -2.23. The molecule has 144 valence electrons. The van der Waals surface area contributed by atoms with E-state index >= 15 is 0 Å². The highest BCUT2D eigenvalue weighted by Gasteiger charge is 2.17. The van der Waals surface area contributed by atoms with Crippen LogP contribution in [0.25, 0.3) is 0 Å². The Kier molecular flexibility index (Phi) is 7.86. The summed E-state index contributed by atoms with van der Waals surface area (Å²) in [6, 6.07) is 15.5. The van der Waals surface area contributed by atoms with Gasteiger partial charge < -0.3 is 14.4 Å². The predicted molar refractivity (Wildman–Crippen MR) is 105 cm³/mol. The predicted octanol–water partition coefficient (Wildman–Crippen LogP) is 3.66. The zero-order chi connectivity index (χ0) is 19.6. The minimum atomic E-state index is -0.307. The summed E-state index contributed by atoms with van der Waals surface area (Å²) < 4.78 is 10.6. The number of esters is 1. The first-order chi connectivity index (χ1) is 13.0. The van der Waals surface area contributed by atoms with Gasteiger partial charge >= 0.3 is 5.97 Å². The van der Waals surface area contributed by atoms with Gasteiger partial charge in [-0.3, -0.25) is 9.59 Å². The molecule has 0 atom stereocenters. The fourth-order valence-electron chi connectivity index (χ4n) is 2.54. The Morgan fingerprint density at radius 3 is 2.11 bits per heavy atom. The van der Waals surface area contributed by atoms with Crippen molar-refractivity contribution in [2.75, 3.05) is 19.8 Å². The van der Waals surface area contributed by atoms with Crippen LogP contribution < -0.4 is 4.74 Å². The van der Waals surface area contributed by atoms with E-state index in [-0.39, 0.29) is 24.9 Å². The molecule has 1 amide bonds. The van der Waals surface area contributed by atoms with Gasteiger partial charge in [0.25, 0.3) is 5.91 Å². The number of ether oxygens (including phenoxy) is 2. The zero-order valence-corrected chi connectivity index (χ0v) is 16.2. The van der Waals surface area contributed by atoms with E-state index in [1.54, 1.807) is 11.8 Å². The molecule has 0 heterocycles. The summed E-state index contributed by atoms with van der Waals surface area (Å²) in [4.78, 5) is 26.0. The lowest BCUT2D eigenvalue weighted by molar-refractivity contribution is -0.144. The molecule has 0 spiro atoms. The lowest BCUT2D eigenvalue weighted by Crippen LogP contribution is -2.36. The highest BCUT2D eigenvalue weighted by atomic mass is 16.5. The zero-order valence-electron chi connectivity index (χ0n) is 16.2. The van der Waals surface area contributed by atoms with Crippen LogP contribution in [-0.2, 0) is 20.9 Å². The second-order valence-electron chi connectivity index (χ2n) is 6.46. The third kappa shape index (κ3) is 7.13. The van der Waals surface area contributed by atoms with Crippen LogP contribution in [0.3, 0.4) is 0 Å². The van der Waals surface area contributed by atoms with E-state index in [1.807, 2.05) is 62.4 Å². The van der Waals surface area contributed by atoms with Crippen molar-refractivity contribution in [3.63, 3.8) is 0 Å². The van der Waals surface area contributed by atoms with Gasteiger partial charge in [-0.05, 0) is 38.5 Å². The smallest absolute Gasteiger partial charge is 0.307 e. The highest BCUT2D eigenvalue weighted by molar-refractivity contribution is 5.78. The average Bonchev–Trinajstić information content (AvgIpc) is 2.66. The molecule has 0 N–H and O–H groups in total. The van der Waals surface area contributed by atoms with Crippen LogP contribution in [0.4, 0.5) is 0 Å². The molecule has 0 saturated heterocycles. The first kappa shape index (κ1) is 20.5. The Morgan fingerprint density at radius 1 is 0.926 bits per heavy atom. The standard InChI is InChI=1S/C22H27NO4/c1-4-26-22(25)13-14-23(15-19-9-5-17(2)6-10-19)21(24)16-27-20-11-7-18(3)8-12-20/h5-12H,4,13-16H2,1-3H3. The molecule has 2 rings (SSSR count).